The third-order valence-electron chi connectivity index (χ3n) is 3.45. The van der Waals surface area contributed by atoms with Crippen molar-refractivity contribution in [3.05, 3.63) is 65.5 Å². The molecule has 0 unspecified atom stereocenters. The summed E-state index contributed by atoms with van der Waals surface area (Å²) in [5.41, 5.74) is 0.649. The zero-order valence-electron chi connectivity index (χ0n) is 13.2. The summed E-state index contributed by atoms with van der Waals surface area (Å²) in [5.74, 6) is -1.75. The Labute approximate surface area is 139 Å². The van der Waals surface area contributed by atoms with Crippen LogP contribution in [0.4, 0.5) is 4.39 Å². The zero-order valence-corrected chi connectivity index (χ0v) is 13.2. The molecule has 0 saturated carbocycles. The molecule has 1 amide bonds. The van der Waals surface area contributed by atoms with E-state index in [9.17, 15) is 19.1 Å². The number of halogens is 1. The molecular weight excluding hydrogens is 313 g/mol. The summed E-state index contributed by atoms with van der Waals surface area (Å²) < 4.78 is 18.2. The number of nitrogens with zero attached hydrogens (tertiary/aromatic N) is 1. The first-order valence-electron chi connectivity index (χ1n) is 7.48. The highest BCUT2D eigenvalue weighted by molar-refractivity contribution is 5.93. The van der Waals surface area contributed by atoms with Gasteiger partial charge < -0.3 is 14.7 Å². The van der Waals surface area contributed by atoms with Gasteiger partial charge in [0.2, 0.25) is 0 Å². The van der Waals surface area contributed by atoms with Crippen molar-refractivity contribution in [3.8, 4) is 5.75 Å². The maximum Gasteiger partial charge on any atom is 0.342 e. The number of carbonyl (C=O) groups is 2. The smallest absolute Gasteiger partial charge is 0.342 e. The first kappa shape index (κ1) is 17.5. The van der Waals surface area contributed by atoms with E-state index in [2.05, 4.69) is 0 Å². The quantitative estimate of drug-likeness (QED) is 0.827. The van der Waals surface area contributed by atoms with E-state index in [0.29, 0.717) is 12.1 Å². The molecular formula is C18H18FNO4. The van der Waals surface area contributed by atoms with Gasteiger partial charge in [-0.15, -0.1) is 0 Å². The minimum atomic E-state index is -0.775. The molecule has 0 aliphatic rings. The van der Waals surface area contributed by atoms with E-state index >= 15 is 0 Å². The number of esters is 1. The Morgan fingerprint density at radius 3 is 2.58 bits per heavy atom. The van der Waals surface area contributed by atoms with Gasteiger partial charge in [-0.3, -0.25) is 4.79 Å². The van der Waals surface area contributed by atoms with Crippen LogP contribution in [0.5, 0.6) is 5.75 Å². The maximum absolute atomic E-state index is 13.2. The molecule has 126 valence electrons. The summed E-state index contributed by atoms with van der Waals surface area (Å²) in [4.78, 5) is 25.5. The van der Waals surface area contributed by atoms with Gasteiger partial charge in [-0.05, 0) is 36.8 Å². The Balaban J connectivity index is 1.95. The molecule has 0 fully saturated rings. The highest BCUT2D eigenvalue weighted by Crippen LogP contribution is 2.16. The number of benzene rings is 2. The number of para-hydroxylation sites is 1. The lowest BCUT2D eigenvalue weighted by Crippen LogP contribution is -2.34. The van der Waals surface area contributed by atoms with Gasteiger partial charge in [0.1, 0.15) is 17.1 Å². The van der Waals surface area contributed by atoms with E-state index in [1.54, 1.807) is 31.2 Å². The van der Waals surface area contributed by atoms with E-state index in [4.69, 9.17) is 4.74 Å². The molecule has 0 aliphatic carbocycles. The molecule has 0 radical (unpaired) electrons. The van der Waals surface area contributed by atoms with Crippen LogP contribution < -0.4 is 0 Å². The maximum atomic E-state index is 13.2. The lowest BCUT2D eigenvalue weighted by Gasteiger charge is -2.21. The fourth-order valence-electron chi connectivity index (χ4n) is 2.17. The molecule has 0 aliphatic heterocycles. The van der Waals surface area contributed by atoms with Gasteiger partial charge in [-0.1, -0.05) is 24.3 Å². The van der Waals surface area contributed by atoms with Gasteiger partial charge in [0.05, 0.1) is 0 Å². The van der Waals surface area contributed by atoms with Crippen molar-refractivity contribution >= 4 is 11.9 Å². The van der Waals surface area contributed by atoms with Crippen LogP contribution in [0.1, 0.15) is 22.8 Å². The highest BCUT2D eigenvalue weighted by Gasteiger charge is 2.17. The molecule has 5 nitrogen and oxygen atoms in total. The molecule has 24 heavy (non-hydrogen) atoms. The lowest BCUT2D eigenvalue weighted by atomic mass is 10.2. The minimum Gasteiger partial charge on any atom is -0.507 e. The van der Waals surface area contributed by atoms with Crippen molar-refractivity contribution in [2.24, 2.45) is 0 Å². The number of phenolic OH excluding ortho intramolecular Hbond substituents is 1. The van der Waals surface area contributed by atoms with E-state index in [-0.39, 0.29) is 23.7 Å². The third kappa shape index (κ3) is 4.55. The molecule has 2 aromatic carbocycles. The van der Waals surface area contributed by atoms with Crippen LogP contribution in [-0.4, -0.2) is 35.0 Å². The fraction of sp³-hybridized carbons (Fsp3) is 0.222. The Kier molecular flexibility index (Phi) is 5.89. The topological polar surface area (TPSA) is 66.8 Å². The Bertz CT molecular complexity index is 732. The first-order valence-corrected chi connectivity index (χ1v) is 7.48. The molecule has 0 saturated heterocycles. The molecule has 0 aromatic heterocycles. The van der Waals surface area contributed by atoms with E-state index in [0.717, 1.165) is 0 Å². The number of hydrogen-bond donors (Lipinski definition) is 1. The van der Waals surface area contributed by atoms with Crippen LogP contribution in [0, 0.1) is 5.82 Å². The van der Waals surface area contributed by atoms with Crippen molar-refractivity contribution in [3.63, 3.8) is 0 Å². The number of phenols is 1. The molecule has 2 aromatic rings. The Morgan fingerprint density at radius 1 is 1.17 bits per heavy atom. The van der Waals surface area contributed by atoms with Gasteiger partial charge in [0, 0.05) is 13.1 Å². The average Bonchev–Trinajstić information content (AvgIpc) is 2.57. The molecule has 1 N–H and O–H groups in total. The Hall–Kier alpha value is -2.89. The molecule has 2 rings (SSSR count). The van der Waals surface area contributed by atoms with Crippen LogP contribution in [0.15, 0.2) is 48.5 Å². The van der Waals surface area contributed by atoms with Gasteiger partial charge >= 0.3 is 5.97 Å². The predicted molar refractivity (Wildman–Crippen MR) is 85.9 cm³/mol. The summed E-state index contributed by atoms with van der Waals surface area (Å²) in [6.45, 7) is 1.95. The second-order valence-electron chi connectivity index (χ2n) is 5.13. The van der Waals surface area contributed by atoms with Crippen molar-refractivity contribution in [1.82, 2.24) is 4.90 Å². The Morgan fingerprint density at radius 2 is 1.92 bits per heavy atom. The van der Waals surface area contributed by atoms with E-state index < -0.39 is 18.5 Å². The number of ether oxygens (including phenoxy) is 1. The number of amides is 1. The average molecular weight is 331 g/mol. The lowest BCUT2D eigenvalue weighted by molar-refractivity contribution is -0.135. The van der Waals surface area contributed by atoms with Crippen LogP contribution in [0.25, 0.3) is 0 Å². The SMILES string of the molecule is CCN(Cc1cccc(F)c1)C(=O)COC(=O)c1ccccc1O. The monoisotopic (exact) mass is 331 g/mol. The molecule has 0 heterocycles. The number of hydrogen-bond acceptors (Lipinski definition) is 4. The van der Waals surface area contributed by atoms with Crippen LogP contribution in [0.2, 0.25) is 0 Å². The zero-order chi connectivity index (χ0) is 17.5. The van der Waals surface area contributed by atoms with Gasteiger partial charge in [0.25, 0.3) is 5.91 Å². The summed E-state index contributed by atoms with van der Waals surface area (Å²) in [6, 6.07) is 11.9. The van der Waals surface area contributed by atoms with E-state index in [1.165, 1.54) is 29.2 Å². The van der Waals surface area contributed by atoms with Gasteiger partial charge in [-0.2, -0.15) is 0 Å². The second kappa shape index (κ2) is 8.10. The van der Waals surface area contributed by atoms with Crippen molar-refractivity contribution in [2.75, 3.05) is 13.2 Å². The normalized spacial score (nSPS) is 10.2. The third-order valence-corrected chi connectivity index (χ3v) is 3.45. The molecule has 6 heteroatoms. The first-order chi connectivity index (χ1) is 11.5. The molecule has 0 atom stereocenters. The minimum absolute atomic E-state index is 0.00141. The van der Waals surface area contributed by atoms with Crippen molar-refractivity contribution < 1.29 is 23.8 Å². The summed E-state index contributed by atoms with van der Waals surface area (Å²) in [7, 11) is 0. The molecule has 0 bridgehead atoms. The van der Waals surface area contributed by atoms with Gasteiger partial charge in [0.15, 0.2) is 6.61 Å². The fourth-order valence-corrected chi connectivity index (χ4v) is 2.17. The van der Waals surface area contributed by atoms with Crippen LogP contribution >= 0.6 is 0 Å². The number of aromatic hydroxyl groups is 1. The second-order valence-corrected chi connectivity index (χ2v) is 5.13. The highest BCUT2D eigenvalue weighted by atomic mass is 19.1. The van der Waals surface area contributed by atoms with Crippen molar-refractivity contribution in [1.29, 1.82) is 0 Å². The van der Waals surface area contributed by atoms with Crippen molar-refractivity contribution in [2.45, 2.75) is 13.5 Å². The predicted octanol–water partition coefficient (Wildman–Crippen LogP) is 2.74. The summed E-state index contributed by atoms with van der Waals surface area (Å²) in [6.07, 6.45) is 0. The van der Waals surface area contributed by atoms with E-state index in [1.807, 2.05) is 0 Å². The summed E-state index contributed by atoms with van der Waals surface area (Å²) in [5, 5.41) is 9.59. The standard InChI is InChI=1S/C18H18FNO4/c1-2-20(11-13-6-5-7-14(19)10-13)17(22)12-24-18(23)15-8-3-4-9-16(15)21/h3-10,21H,2,11-12H2,1H3. The summed E-state index contributed by atoms with van der Waals surface area (Å²) >= 11 is 0. The van der Waals surface area contributed by atoms with Crippen LogP contribution in [0.3, 0.4) is 0 Å². The number of carbonyl (C=O) groups excluding carboxylic acids is 2. The number of likely N-dealkylation sites (N-methyl/N-ethyl adjacent to an activating group) is 1. The molecule has 0 spiro atoms. The van der Waals surface area contributed by atoms with Crippen LogP contribution in [-0.2, 0) is 16.1 Å². The number of rotatable bonds is 6. The van der Waals surface area contributed by atoms with Gasteiger partial charge in [-0.25, -0.2) is 9.18 Å². The largest absolute Gasteiger partial charge is 0.507 e.